The smallest absolute Gasteiger partial charge is 0.175 e. The first-order valence-corrected chi connectivity index (χ1v) is 10.4. The third-order valence-corrected chi connectivity index (χ3v) is 5.67. The summed E-state index contributed by atoms with van der Waals surface area (Å²) in [5.74, 6) is 0. The second-order valence-electron chi connectivity index (χ2n) is 6.38. The number of fused-ring (bicyclic) bond motifs is 1. The lowest BCUT2D eigenvalue weighted by Gasteiger charge is -2.06. The fraction of sp³-hybridized carbons (Fsp3) is 0.0952. The standard InChI is InChI=1S/C21H19N3O2S.ClH/c1-22-17-10-13-19-20(15-8-11-18(12-9-15)27(2,25)26)21(23-24(19)14-17)16-6-4-3-5-7-16;/h3-14,22H,1-2H3;1H. The summed E-state index contributed by atoms with van der Waals surface area (Å²) < 4.78 is 25.4. The molecule has 0 radical (unpaired) electrons. The Morgan fingerprint density at radius 2 is 1.57 bits per heavy atom. The molecule has 0 atom stereocenters. The zero-order valence-electron chi connectivity index (χ0n) is 15.5. The number of hydrogen-bond donors (Lipinski definition) is 1. The molecule has 4 aromatic rings. The molecule has 28 heavy (non-hydrogen) atoms. The molecule has 144 valence electrons. The van der Waals surface area contributed by atoms with Crippen molar-refractivity contribution in [3.05, 3.63) is 72.9 Å². The van der Waals surface area contributed by atoms with Crippen LogP contribution in [0.15, 0.2) is 77.8 Å². The van der Waals surface area contributed by atoms with Gasteiger partial charge in [-0.1, -0.05) is 42.5 Å². The first kappa shape index (κ1) is 19.9. The van der Waals surface area contributed by atoms with Crippen molar-refractivity contribution in [3.63, 3.8) is 0 Å². The van der Waals surface area contributed by atoms with Gasteiger partial charge in [-0.15, -0.1) is 12.4 Å². The molecule has 2 heterocycles. The maximum Gasteiger partial charge on any atom is 0.175 e. The predicted molar refractivity (Wildman–Crippen MR) is 116 cm³/mol. The molecule has 0 saturated heterocycles. The van der Waals surface area contributed by atoms with E-state index in [2.05, 4.69) is 5.32 Å². The van der Waals surface area contributed by atoms with Crippen LogP contribution in [0, 0.1) is 0 Å². The molecule has 1 N–H and O–H groups in total. The normalized spacial score (nSPS) is 11.2. The van der Waals surface area contributed by atoms with Crippen LogP contribution in [0.3, 0.4) is 0 Å². The SMILES string of the molecule is CNc1ccc2c(-c3ccc(S(C)(=O)=O)cc3)c(-c3ccccc3)nn2c1.Cl. The highest BCUT2D eigenvalue weighted by atomic mass is 35.5. The Kier molecular flexibility index (Phi) is 5.45. The molecule has 5 nitrogen and oxygen atoms in total. The molecular formula is C21H20ClN3O2S. The van der Waals surface area contributed by atoms with E-state index < -0.39 is 9.84 Å². The number of hydrogen-bond acceptors (Lipinski definition) is 4. The van der Waals surface area contributed by atoms with Crippen LogP contribution in [-0.2, 0) is 9.84 Å². The minimum atomic E-state index is -3.23. The highest BCUT2D eigenvalue weighted by Crippen LogP contribution is 2.36. The molecule has 0 aliphatic heterocycles. The van der Waals surface area contributed by atoms with Crippen LogP contribution in [0.2, 0.25) is 0 Å². The van der Waals surface area contributed by atoms with E-state index in [1.807, 2.05) is 72.4 Å². The fourth-order valence-electron chi connectivity index (χ4n) is 3.15. The summed E-state index contributed by atoms with van der Waals surface area (Å²) in [6, 6.07) is 21.0. The summed E-state index contributed by atoms with van der Waals surface area (Å²) >= 11 is 0. The number of rotatable bonds is 4. The number of nitrogens with one attached hydrogen (secondary N) is 1. The molecule has 0 saturated carbocycles. The number of halogens is 1. The zero-order valence-corrected chi connectivity index (χ0v) is 17.1. The second-order valence-corrected chi connectivity index (χ2v) is 8.40. The van der Waals surface area contributed by atoms with Crippen molar-refractivity contribution in [2.45, 2.75) is 4.90 Å². The van der Waals surface area contributed by atoms with Crippen LogP contribution < -0.4 is 5.32 Å². The highest BCUT2D eigenvalue weighted by molar-refractivity contribution is 7.90. The maximum absolute atomic E-state index is 11.8. The minimum absolute atomic E-state index is 0. The van der Waals surface area contributed by atoms with Crippen molar-refractivity contribution in [1.29, 1.82) is 0 Å². The van der Waals surface area contributed by atoms with E-state index in [-0.39, 0.29) is 12.4 Å². The molecule has 0 aliphatic carbocycles. The molecule has 0 aliphatic rings. The lowest BCUT2D eigenvalue weighted by atomic mass is 10.00. The Bertz CT molecular complexity index is 1220. The third kappa shape index (κ3) is 3.61. The van der Waals surface area contributed by atoms with Gasteiger partial charge in [0.15, 0.2) is 9.84 Å². The first-order valence-electron chi connectivity index (χ1n) is 8.53. The van der Waals surface area contributed by atoms with Crippen LogP contribution >= 0.6 is 12.4 Å². The van der Waals surface area contributed by atoms with E-state index in [0.717, 1.165) is 33.6 Å². The average Bonchev–Trinajstić information content (AvgIpc) is 3.06. The second kappa shape index (κ2) is 7.66. The largest absolute Gasteiger partial charge is 0.387 e. The summed E-state index contributed by atoms with van der Waals surface area (Å²) in [6.07, 6.45) is 3.15. The van der Waals surface area contributed by atoms with Crippen molar-refractivity contribution in [2.24, 2.45) is 0 Å². The van der Waals surface area contributed by atoms with E-state index in [1.54, 1.807) is 12.1 Å². The predicted octanol–water partition coefficient (Wildman–Crippen LogP) is 4.54. The summed E-state index contributed by atoms with van der Waals surface area (Å²) in [7, 11) is -1.36. The third-order valence-electron chi connectivity index (χ3n) is 4.54. The quantitative estimate of drug-likeness (QED) is 0.533. The van der Waals surface area contributed by atoms with Gasteiger partial charge in [-0.3, -0.25) is 0 Å². The van der Waals surface area contributed by atoms with Crippen LogP contribution in [0.1, 0.15) is 0 Å². The molecule has 7 heteroatoms. The summed E-state index contributed by atoms with van der Waals surface area (Å²) in [5, 5.41) is 7.92. The van der Waals surface area contributed by atoms with Gasteiger partial charge in [0, 0.05) is 24.4 Å². The fourth-order valence-corrected chi connectivity index (χ4v) is 3.78. The average molecular weight is 414 g/mol. The summed E-state index contributed by atoms with van der Waals surface area (Å²) in [5.41, 5.74) is 5.69. The molecule has 4 rings (SSSR count). The van der Waals surface area contributed by atoms with Crippen LogP contribution in [0.4, 0.5) is 5.69 Å². The highest BCUT2D eigenvalue weighted by Gasteiger charge is 2.17. The van der Waals surface area contributed by atoms with Gasteiger partial charge in [0.25, 0.3) is 0 Å². The van der Waals surface area contributed by atoms with Gasteiger partial charge < -0.3 is 5.32 Å². The molecule has 0 unspecified atom stereocenters. The van der Waals surface area contributed by atoms with Gasteiger partial charge in [0.05, 0.1) is 22.3 Å². The van der Waals surface area contributed by atoms with Crippen LogP contribution in [0.25, 0.3) is 27.9 Å². The Hall–Kier alpha value is -2.83. The number of aromatic nitrogens is 2. The van der Waals surface area contributed by atoms with Crippen molar-refractivity contribution in [1.82, 2.24) is 9.61 Å². The van der Waals surface area contributed by atoms with E-state index in [4.69, 9.17) is 5.10 Å². The Balaban J connectivity index is 0.00000225. The van der Waals surface area contributed by atoms with Gasteiger partial charge >= 0.3 is 0 Å². The molecule has 2 aromatic carbocycles. The number of sulfone groups is 1. The van der Waals surface area contributed by atoms with E-state index in [1.165, 1.54) is 6.26 Å². The number of anilines is 1. The van der Waals surface area contributed by atoms with Gasteiger partial charge in [-0.05, 0) is 29.8 Å². The summed E-state index contributed by atoms with van der Waals surface area (Å²) in [4.78, 5) is 0.307. The lowest BCUT2D eigenvalue weighted by molar-refractivity contribution is 0.602. The minimum Gasteiger partial charge on any atom is -0.387 e. The molecule has 0 amide bonds. The topological polar surface area (TPSA) is 63.5 Å². The molecule has 2 aromatic heterocycles. The number of nitrogens with zero attached hydrogens (tertiary/aromatic N) is 2. The number of pyridine rings is 1. The van der Waals surface area contributed by atoms with Crippen LogP contribution in [0.5, 0.6) is 0 Å². The first-order chi connectivity index (χ1) is 13.0. The van der Waals surface area contributed by atoms with Gasteiger partial charge in [-0.25, -0.2) is 12.9 Å². The van der Waals surface area contributed by atoms with Crippen molar-refractivity contribution < 1.29 is 8.42 Å². The number of benzene rings is 2. The van der Waals surface area contributed by atoms with Gasteiger partial charge in [0.1, 0.15) is 5.69 Å². The van der Waals surface area contributed by atoms with Crippen molar-refractivity contribution >= 4 is 33.4 Å². The van der Waals surface area contributed by atoms with Crippen molar-refractivity contribution in [3.8, 4) is 22.4 Å². The Morgan fingerprint density at radius 1 is 0.893 bits per heavy atom. The maximum atomic E-state index is 11.8. The molecule has 0 spiro atoms. The summed E-state index contributed by atoms with van der Waals surface area (Å²) in [6.45, 7) is 0. The Morgan fingerprint density at radius 3 is 2.18 bits per heavy atom. The van der Waals surface area contributed by atoms with Crippen molar-refractivity contribution in [2.75, 3.05) is 18.6 Å². The molecular weight excluding hydrogens is 394 g/mol. The van der Waals surface area contributed by atoms with Crippen LogP contribution in [-0.4, -0.2) is 31.3 Å². The molecule has 0 bridgehead atoms. The van der Waals surface area contributed by atoms with E-state index >= 15 is 0 Å². The van der Waals surface area contributed by atoms with E-state index in [9.17, 15) is 8.42 Å². The van der Waals surface area contributed by atoms with Gasteiger partial charge in [-0.2, -0.15) is 5.10 Å². The monoisotopic (exact) mass is 413 g/mol. The molecule has 0 fully saturated rings. The zero-order chi connectivity index (χ0) is 19.0. The van der Waals surface area contributed by atoms with Gasteiger partial charge in [0.2, 0.25) is 0 Å². The lowest BCUT2D eigenvalue weighted by Crippen LogP contribution is -1.96. The van der Waals surface area contributed by atoms with E-state index in [0.29, 0.717) is 4.90 Å². The Labute approximate surface area is 170 Å².